The summed E-state index contributed by atoms with van der Waals surface area (Å²) in [5.41, 5.74) is 4.38. The van der Waals surface area contributed by atoms with E-state index in [1.165, 1.54) is 16.7 Å². The highest BCUT2D eigenvalue weighted by Crippen LogP contribution is 2.24. The van der Waals surface area contributed by atoms with Gasteiger partial charge in [-0.3, -0.25) is 9.59 Å². The van der Waals surface area contributed by atoms with Crippen LogP contribution in [0.4, 0.5) is 0 Å². The molecule has 174 valence electrons. The Morgan fingerprint density at radius 1 is 1.09 bits per heavy atom. The fraction of sp³-hybridized carbons (Fsp3) is 0.440. The van der Waals surface area contributed by atoms with Crippen molar-refractivity contribution in [3.05, 3.63) is 68.7 Å². The zero-order valence-electron chi connectivity index (χ0n) is 19.2. The third kappa shape index (κ3) is 8.34. The van der Waals surface area contributed by atoms with Crippen LogP contribution in [0, 0.1) is 13.8 Å². The SMILES string of the molecule is CCCCNC(=O)[C@@H](C)N(Cc1ccc(Cl)cc1Cl)C(=O)CSCc1cc(C)cc(C)c1. The standard InChI is InChI=1S/C25H32Cl2N2O2S/c1-5-6-9-28-25(31)19(4)29(14-21-7-8-22(26)13-23(21)27)24(30)16-32-15-20-11-17(2)10-18(3)12-20/h7-8,10-13,19H,5-6,9,14-16H2,1-4H3,(H,28,31)/t19-/m1/s1. The van der Waals surface area contributed by atoms with Gasteiger partial charge in [0.05, 0.1) is 5.75 Å². The number of unbranched alkanes of at least 4 members (excludes halogenated alkanes) is 1. The maximum Gasteiger partial charge on any atom is 0.242 e. The molecule has 0 fully saturated rings. The van der Waals surface area contributed by atoms with Gasteiger partial charge in [-0.15, -0.1) is 11.8 Å². The Kier molecular flexibility index (Phi) is 10.9. The number of hydrogen-bond acceptors (Lipinski definition) is 3. The van der Waals surface area contributed by atoms with Crippen molar-refractivity contribution in [1.82, 2.24) is 10.2 Å². The summed E-state index contributed by atoms with van der Waals surface area (Å²) in [7, 11) is 0. The summed E-state index contributed by atoms with van der Waals surface area (Å²) < 4.78 is 0. The fourth-order valence-corrected chi connectivity index (χ4v) is 4.76. The molecule has 0 saturated carbocycles. The Labute approximate surface area is 206 Å². The van der Waals surface area contributed by atoms with Gasteiger partial charge in [0, 0.05) is 28.9 Å². The number of halogens is 2. The smallest absolute Gasteiger partial charge is 0.242 e. The minimum atomic E-state index is -0.604. The molecule has 32 heavy (non-hydrogen) atoms. The van der Waals surface area contributed by atoms with E-state index in [1.807, 2.05) is 0 Å². The molecule has 1 N–H and O–H groups in total. The molecule has 0 aromatic heterocycles. The van der Waals surface area contributed by atoms with Gasteiger partial charge in [0.25, 0.3) is 0 Å². The van der Waals surface area contributed by atoms with Crippen molar-refractivity contribution in [2.45, 2.75) is 58.9 Å². The van der Waals surface area contributed by atoms with E-state index in [9.17, 15) is 9.59 Å². The van der Waals surface area contributed by atoms with E-state index in [0.29, 0.717) is 16.6 Å². The predicted molar refractivity (Wildman–Crippen MR) is 136 cm³/mol. The van der Waals surface area contributed by atoms with E-state index in [2.05, 4.69) is 44.3 Å². The minimum absolute atomic E-state index is 0.0940. The number of carbonyl (C=O) groups excluding carboxylic acids is 2. The lowest BCUT2D eigenvalue weighted by Gasteiger charge is -2.29. The Morgan fingerprint density at radius 2 is 1.78 bits per heavy atom. The number of carbonyl (C=O) groups is 2. The number of thioether (sulfide) groups is 1. The Hall–Kier alpha value is -1.69. The van der Waals surface area contributed by atoms with E-state index in [1.54, 1.807) is 41.8 Å². The van der Waals surface area contributed by atoms with Crippen molar-refractivity contribution < 1.29 is 9.59 Å². The van der Waals surface area contributed by atoms with Gasteiger partial charge in [-0.2, -0.15) is 0 Å². The molecule has 0 aliphatic heterocycles. The Bertz CT molecular complexity index is 916. The molecule has 0 aliphatic rings. The minimum Gasteiger partial charge on any atom is -0.354 e. The van der Waals surface area contributed by atoms with Crippen molar-refractivity contribution >= 4 is 46.8 Å². The first-order valence-corrected chi connectivity index (χ1v) is 12.8. The van der Waals surface area contributed by atoms with E-state index < -0.39 is 6.04 Å². The monoisotopic (exact) mass is 494 g/mol. The van der Waals surface area contributed by atoms with E-state index in [-0.39, 0.29) is 24.1 Å². The van der Waals surface area contributed by atoms with Crippen molar-refractivity contribution in [3.63, 3.8) is 0 Å². The first kappa shape index (κ1) is 26.6. The van der Waals surface area contributed by atoms with Gasteiger partial charge in [-0.05, 0) is 50.5 Å². The van der Waals surface area contributed by atoms with Crippen LogP contribution in [0.2, 0.25) is 10.0 Å². The summed E-state index contributed by atoms with van der Waals surface area (Å²) in [6, 6.07) is 11.0. The van der Waals surface area contributed by atoms with Crippen molar-refractivity contribution in [2.24, 2.45) is 0 Å². The third-order valence-electron chi connectivity index (χ3n) is 5.13. The second kappa shape index (κ2) is 13.1. The van der Waals surface area contributed by atoms with Crippen LogP contribution in [0.25, 0.3) is 0 Å². The van der Waals surface area contributed by atoms with Gasteiger partial charge in [0.15, 0.2) is 0 Å². The predicted octanol–water partition coefficient (Wildman–Crippen LogP) is 6.18. The van der Waals surface area contributed by atoms with Crippen LogP contribution in [0.3, 0.4) is 0 Å². The highest BCUT2D eigenvalue weighted by Gasteiger charge is 2.26. The molecule has 1 atom stereocenters. The zero-order chi connectivity index (χ0) is 23.7. The number of benzene rings is 2. The first-order valence-electron chi connectivity index (χ1n) is 10.9. The van der Waals surface area contributed by atoms with E-state index in [0.717, 1.165) is 24.2 Å². The number of amides is 2. The van der Waals surface area contributed by atoms with Crippen molar-refractivity contribution in [2.75, 3.05) is 12.3 Å². The maximum absolute atomic E-state index is 13.2. The van der Waals surface area contributed by atoms with Crippen LogP contribution in [0.5, 0.6) is 0 Å². The molecule has 0 unspecified atom stereocenters. The molecule has 2 amide bonds. The Balaban J connectivity index is 2.10. The Morgan fingerprint density at radius 3 is 2.41 bits per heavy atom. The second-order valence-corrected chi connectivity index (χ2v) is 9.90. The molecule has 2 rings (SSSR count). The third-order valence-corrected chi connectivity index (χ3v) is 6.70. The maximum atomic E-state index is 13.2. The van der Waals surface area contributed by atoms with Crippen LogP contribution < -0.4 is 5.32 Å². The lowest BCUT2D eigenvalue weighted by molar-refractivity contribution is -0.138. The molecule has 7 heteroatoms. The summed E-state index contributed by atoms with van der Waals surface area (Å²) in [5.74, 6) is 0.769. The van der Waals surface area contributed by atoms with Gasteiger partial charge in [-0.25, -0.2) is 0 Å². The molecule has 0 bridgehead atoms. The number of nitrogens with zero attached hydrogens (tertiary/aromatic N) is 1. The summed E-state index contributed by atoms with van der Waals surface area (Å²) in [5, 5.41) is 3.95. The molecule has 0 heterocycles. The van der Waals surface area contributed by atoms with Crippen LogP contribution in [-0.4, -0.2) is 35.1 Å². The van der Waals surface area contributed by atoms with Crippen molar-refractivity contribution in [1.29, 1.82) is 0 Å². The largest absolute Gasteiger partial charge is 0.354 e. The van der Waals surface area contributed by atoms with Crippen molar-refractivity contribution in [3.8, 4) is 0 Å². The number of rotatable bonds is 11. The van der Waals surface area contributed by atoms with Crippen LogP contribution in [0.1, 0.15) is 48.9 Å². The molecular weight excluding hydrogens is 463 g/mol. The average molecular weight is 496 g/mol. The van der Waals surface area contributed by atoms with Crippen LogP contribution >= 0.6 is 35.0 Å². The fourth-order valence-electron chi connectivity index (χ4n) is 3.44. The van der Waals surface area contributed by atoms with Gasteiger partial charge < -0.3 is 10.2 Å². The number of hydrogen-bond donors (Lipinski definition) is 1. The molecule has 4 nitrogen and oxygen atoms in total. The van der Waals surface area contributed by atoms with Gasteiger partial charge >= 0.3 is 0 Å². The van der Waals surface area contributed by atoms with E-state index in [4.69, 9.17) is 23.2 Å². The lowest BCUT2D eigenvalue weighted by atomic mass is 10.1. The summed E-state index contributed by atoms with van der Waals surface area (Å²) in [6.45, 7) is 8.83. The molecule has 2 aromatic rings. The quantitative estimate of drug-likeness (QED) is 0.379. The summed E-state index contributed by atoms with van der Waals surface area (Å²) in [6.07, 6.45) is 1.90. The number of aryl methyl sites for hydroxylation is 2. The molecule has 2 aromatic carbocycles. The number of nitrogens with one attached hydrogen (secondary N) is 1. The topological polar surface area (TPSA) is 49.4 Å². The van der Waals surface area contributed by atoms with Crippen LogP contribution in [-0.2, 0) is 21.9 Å². The highest BCUT2D eigenvalue weighted by atomic mass is 35.5. The van der Waals surface area contributed by atoms with Gasteiger partial charge in [0.1, 0.15) is 6.04 Å². The second-order valence-electron chi connectivity index (χ2n) is 8.07. The highest BCUT2D eigenvalue weighted by molar-refractivity contribution is 7.99. The normalized spacial score (nSPS) is 11.8. The zero-order valence-corrected chi connectivity index (χ0v) is 21.5. The van der Waals surface area contributed by atoms with Crippen LogP contribution in [0.15, 0.2) is 36.4 Å². The van der Waals surface area contributed by atoms with Gasteiger partial charge in [0.2, 0.25) is 11.8 Å². The lowest BCUT2D eigenvalue weighted by Crippen LogP contribution is -2.48. The summed E-state index contributed by atoms with van der Waals surface area (Å²) in [4.78, 5) is 27.5. The van der Waals surface area contributed by atoms with E-state index >= 15 is 0 Å². The average Bonchev–Trinajstić information content (AvgIpc) is 2.72. The molecule has 0 radical (unpaired) electrons. The first-order chi connectivity index (χ1) is 15.2. The molecular formula is C25H32Cl2N2O2S. The molecule has 0 aliphatic carbocycles. The van der Waals surface area contributed by atoms with Gasteiger partial charge in [-0.1, -0.05) is 71.9 Å². The molecule has 0 spiro atoms. The summed E-state index contributed by atoms with van der Waals surface area (Å²) >= 11 is 13.9. The molecule has 0 saturated heterocycles.